The number of β-lactam (4-membered cyclic amide) rings is 1. The molecule has 5 rings (SSSR count). The lowest BCUT2D eigenvalue weighted by molar-refractivity contribution is -0.166. The number of esters is 1. The Kier molecular flexibility index (Phi) is 6.22. The molecule has 0 radical (unpaired) electrons. The Morgan fingerprint density at radius 2 is 1.39 bits per heavy atom. The highest BCUT2D eigenvalue weighted by Crippen LogP contribution is 2.44. The zero-order valence-electron chi connectivity index (χ0n) is 19.9. The van der Waals surface area contributed by atoms with Crippen molar-refractivity contribution in [3.05, 3.63) is 108 Å². The Hall–Kier alpha value is -3.78. The van der Waals surface area contributed by atoms with Crippen molar-refractivity contribution in [3.8, 4) is 0 Å². The van der Waals surface area contributed by atoms with E-state index in [1.54, 1.807) is 44.2 Å². The van der Waals surface area contributed by atoms with E-state index in [0.29, 0.717) is 5.56 Å². The van der Waals surface area contributed by atoms with Crippen LogP contribution in [0, 0.1) is 0 Å². The van der Waals surface area contributed by atoms with Crippen molar-refractivity contribution < 1.29 is 23.3 Å². The molecular weight excluding hydrogens is 476 g/mol. The molecule has 3 aromatic rings. The van der Waals surface area contributed by atoms with E-state index < -0.39 is 56.9 Å². The first-order valence-corrected chi connectivity index (χ1v) is 12.9. The lowest BCUT2D eigenvalue weighted by Crippen LogP contribution is -2.71. The number of fused-ring (bicyclic) bond motifs is 1. The maximum absolute atomic E-state index is 13.6. The SMILES string of the molecule is CC1(C)C(C(=O)OC(c2ccccc2)c2ccccc2)N2C(=O)[C@@H](NC(=O)c3ccccc3)C2S1=O. The first kappa shape index (κ1) is 23.9. The fraction of sp³-hybridized carbons (Fsp3) is 0.250. The highest BCUT2D eigenvalue weighted by molar-refractivity contribution is 7.87. The van der Waals surface area contributed by atoms with Gasteiger partial charge in [0, 0.05) is 5.56 Å². The standard InChI is InChI=1S/C28H26N2O5S/c1-28(2)23(27(33)35-22(18-12-6-3-7-13-18)19-14-8-4-9-15-19)30-25(32)21(26(30)36(28)34)29-24(31)20-16-10-5-11-17-20/h3-17,21-23,26H,1-2H3,(H,29,31)/t21-,23?,26?,36?/m1/s1. The Morgan fingerprint density at radius 1 is 0.889 bits per heavy atom. The van der Waals surface area contributed by atoms with Crippen molar-refractivity contribution in [2.45, 2.75) is 42.2 Å². The lowest BCUT2D eigenvalue weighted by atomic mass is 9.95. The minimum absolute atomic E-state index is 0.399. The molecule has 2 saturated heterocycles. The maximum atomic E-state index is 13.6. The summed E-state index contributed by atoms with van der Waals surface area (Å²) in [4.78, 5) is 40.7. The first-order chi connectivity index (χ1) is 17.3. The Labute approximate surface area is 211 Å². The van der Waals surface area contributed by atoms with Crippen LogP contribution in [-0.4, -0.2) is 49.1 Å². The predicted molar refractivity (Wildman–Crippen MR) is 135 cm³/mol. The minimum atomic E-state index is -1.61. The average molecular weight is 503 g/mol. The van der Waals surface area contributed by atoms with E-state index in [4.69, 9.17) is 4.74 Å². The molecule has 3 unspecified atom stereocenters. The van der Waals surface area contributed by atoms with Gasteiger partial charge in [0.1, 0.15) is 17.5 Å². The van der Waals surface area contributed by atoms with Crippen LogP contribution in [0.4, 0.5) is 0 Å². The quantitative estimate of drug-likeness (QED) is 0.413. The van der Waals surface area contributed by atoms with Crippen LogP contribution < -0.4 is 5.32 Å². The van der Waals surface area contributed by atoms with E-state index in [1.165, 1.54) is 4.90 Å². The Bertz CT molecular complexity index is 1270. The highest BCUT2D eigenvalue weighted by atomic mass is 32.2. The number of hydrogen-bond donors (Lipinski definition) is 1. The molecule has 0 bridgehead atoms. The number of amides is 2. The van der Waals surface area contributed by atoms with Gasteiger partial charge < -0.3 is 15.0 Å². The average Bonchev–Trinajstić information content (AvgIpc) is 3.10. The molecule has 2 aliphatic heterocycles. The number of benzene rings is 3. The van der Waals surface area contributed by atoms with E-state index in [0.717, 1.165) is 11.1 Å². The van der Waals surface area contributed by atoms with E-state index >= 15 is 0 Å². The van der Waals surface area contributed by atoms with Crippen molar-refractivity contribution in [2.24, 2.45) is 0 Å². The molecule has 7 nitrogen and oxygen atoms in total. The minimum Gasteiger partial charge on any atom is -0.451 e. The zero-order chi connectivity index (χ0) is 25.4. The molecule has 1 N–H and O–H groups in total. The maximum Gasteiger partial charge on any atom is 0.331 e. The summed E-state index contributed by atoms with van der Waals surface area (Å²) in [5.41, 5.74) is 1.97. The molecule has 2 aliphatic rings. The van der Waals surface area contributed by atoms with Gasteiger partial charge in [0.05, 0.1) is 15.5 Å². The van der Waals surface area contributed by atoms with Crippen molar-refractivity contribution in [1.82, 2.24) is 10.2 Å². The van der Waals surface area contributed by atoms with Gasteiger partial charge >= 0.3 is 5.97 Å². The summed E-state index contributed by atoms with van der Waals surface area (Å²) in [5.74, 6) is -1.50. The van der Waals surface area contributed by atoms with Gasteiger partial charge in [0.2, 0.25) is 5.91 Å². The molecule has 36 heavy (non-hydrogen) atoms. The van der Waals surface area contributed by atoms with Crippen molar-refractivity contribution in [1.29, 1.82) is 0 Å². The van der Waals surface area contributed by atoms with Crippen molar-refractivity contribution >= 4 is 28.6 Å². The third-order valence-corrected chi connectivity index (χ3v) is 8.94. The van der Waals surface area contributed by atoms with Crippen LogP contribution in [0.3, 0.4) is 0 Å². The first-order valence-electron chi connectivity index (χ1n) is 11.7. The normalized spacial score (nSPS) is 24.1. The van der Waals surface area contributed by atoms with Crippen molar-refractivity contribution in [2.75, 3.05) is 0 Å². The van der Waals surface area contributed by atoms with E-state index in [9.17, 15) is 18.6 Å². The monoisotopic (exact) mass is 502 g/mol. The molecule has 0 spiro atoms. The van der Waals surface area contributed by atoms with Crippen LogP contribution >= 0.6 is 0 Å². The molecule has 0 aromatic heterocycles. The van der Waals surface area contributed by atoms with Crippen LogP contribution in [0.1, 0.15) is 41.4 Å². The van der Waals surface area contributed by atoms with Gasteiger partial charge in [0.15, 0.2) is 6.10 Å². The topological polar surface area (TPSA) is 92.8 Å². The molecule has 184 valence electrons. The summed E-state index contributed by atoms with van der Waals surface area (Å²) in [7, 11) is -1.61. The third kappa shape index (κ3) is 4.01. The summed E-state index contributed by atoms with van der Waals surface area (Å²) in [6, 6.07) is 25.2. The number of hydrogen-bond acceptors (Lipinski definition) is 5. The number of nitrogens with one attached hydrogen (secondary N) is 1. The second kappa shape index (κ2) is 9.35. The molecule has 0 saturated carbocycles. The van der Waals surface area contributed by atoms with Gasteiger partial charge in [-0.1, -0.05) is 78.9 Å². The number of ether oxygens (including phenoxy) is 1. The second-order valence-corrected chi connectivity index (χ2v) is 11.5. The Morgan fingerprint density at radius 3 is 1.92 bits per heavy atom. The van der Waals surface area contributed by atoms with Crippen LogP contribution in [0.2, 0.25) is 0 Å². The number of carbonyl (C=O) groups excluding carboxylic acids is 3. The van der Waals surface area contributed by atoms with Gasteiger partial charge in [-0.2, -0.15) is 0 Å². The molecule has 2 amide bonds. The predicted octanol–water partition coefficient (Wildman–Crippen LogP) is 3.20. The molecule has 2 heterocycles. The molecule has 2 fully saturated rings. The summed E-state index contributed by atoms with van der Waals surface area (Å²) in [5, 5.41) is 1.90. The summed E-state index contributed by atoms with van der Waals surface area (Å²) >= 11 is 0. The number of nitrogens with zero attached hydrogens (tertiary/aromatic N) is 1. The molecule has 4 atom stereocenters. The molecular formula is C28H26N2O5S. The number of rotatable bonds is 6. The molecule has 8 heteroatoms. The van der Waals surface area contributed by atoms with Crippen molar-refractivity contribution in [3.63, 3.8) is 0 Å². The lowest BCUT2D eigenvalue weighted by Gasteiger charge is -2.43. The van der Waals surface area contributed by atoms with E-state index in [2.05, 4.69) is 5.32 Å². The molecule has 3 aromatic carbocycles. The van der Waals surface area contributed by atoms with Crippen LogP contribution in [-0.2, 0) is 25.1 Å². The summed E-state index contributed by atoms with van der Waals surface area (Å²) in [6.45, 7) is 3.38. The zero-order valence-corrected chi connectivity index (χ0v) is 20.7. The van der Waals surface area contributed by atoms with E-state index in [-0.39, 0.29) is 0 Å². The third-order valence-electron chi connectivity index (χ3n) is 6.74. The van der Waals surface area contributed by atoms with Gasteiger partial charge in [-0.15, -0.1) is 0 Å². The largest absolute Gasteiger partial charge is 0.451 e. The van der Waals surface area contributed by atoms with Crippen LogP contribution in [0.15, 0.2) is 91.0 Å². The summed E-state index contributed by atoms with van der Waals surface area (Å²) < 4.78 is 18.4. The van der Waals surface area contributed by atoms with Gasteiger partial charge in [-0.05, 0) is 37.1 Å². The van der Waals surface area contributed by atoms with Gasteiger partial charge in [-0.25, -0.2) is 4.79 Å². The highest BCUT2D eigenvalue weighted by Gasteiger charge is 2.68. The Balaban J connectivity index is 1.39. The van der Waals surface area contributed by atoms with Crippen LogP contribution in [0.25, 0.3) is 0 Å². The van der Waals surface area contributed by atoms with Gasteiger partial charge in [0.25, 0.3) is 5.91 Å². The second-order valence-electron chi connectivity index (χ2n) is 9.39. The van der Waals surface area contributed by atoms with Crippen LogP contribution in [0.5, 0.6) is 0 Å². The fourth-order valence-corrected chi connectivity index (χ4v) is 6.77. The van der Waals surface area contributed by atoms with E-state index in [1.807, 2.05) is 60.7 Å². The smallest absolute Gasteiger partial charge is 0.331 e. The number of carbonyl (C=O) groups is 3. The molecule has 0 aliphatic carbocycles. The van der Waals surface area contributed by atoms with Gasteiger partial charge in [-0.3, -0.25) is 13.8 Å². The fourth-order valence-electron chi connectivity index (χ4n) is 4.85. The summed E-state index contributed by atoms with van der Waals surface area (Å²) in [6.07, 6.45) is -0.687.